The van der Waals surface area contributed by atoms with Gasteiger partial charge >= 0.3 is 12.2 Å². The molecule has 0 aromatic heterocycles. The second-order valence-corrected chi connectivity index (χ2v) is 15.2. The first-order chi connectivity index (χ1) is 23.7. The van der Waals surface area contributed by atoms with Gasteiger partial charge in [0, 0.05) is 37.6 Å². The van der Waals surface area contributed by atoms with E-state index in [1.807, 2.05) is 88.9 Å². The maximum Gasteiger partial charge on any atom is 0.410 e. The average molecular weight is 681 g/mol. The van der Waals surface area contributed by atoms with E-state index >= 15 is 0 Å². The van der Waals surface area contributed by atoms with Crippen molar-refractivity contribution in [2.24, 2.45) is 0 Å². The molecule has 0 aliphatic carbocycles. The monoisotopic (exact) mass is 680 g/mol. The molecule has 9 nitrogen and oxygen atoms in total. The molecule has 3 aromatic carbocycles. The van der Waals surface area contributed by atoms with Gasteiger partial charge in [-0.15, -0.1) is 0 Å². The van der Waals surface area contributed by atoms with Gasteiger partial charge in [0.2, 0.25) is 5.91 Å². The normalized spacial score (nSPS) is 18.0. The number of carbonyl (C=O) groups excluding carboxylic acids is 3. The third-order valence-electron chi connectivity index (χ3n) is 8.69. The molecular formula is C41H52N4O5. The highest BCUT2D eigenvalue weighted by molar-refractivity contribution is 5.96. The predicted octanol–water partition coefficient (Wildman–Crippen LogP) is 8.64. The summed E-state index contributed by atoms with van der Waals surface area (Å²) in [4.78, 5) is 44.2. The zero-order valence-corrected chi connectivity index (χ0v) is 30.4. The Morgan fingerprint density at radius 3 is 1.88 bits per heavy atom. The van der Waals surface area contributed by atoms with Gasteiger partial charge in [0.25, 0.3) is 0 Å². The third-order valence-corrected chi connectivity index (χ3v) is 8.69. The zero-order valence-electron chi connectivity index (χ0n) is 30.4. The summed E-state index contributed by atoms with van der Waals surface area (Å²) in [5.41, 5.74) is 4.04. The molecule has 0 radical (unpaired) electrons. The van der Waals surface area contributed by atoms with Gasteiger partial charge in [-0.05, 0) is 108 Å². The summed E-state index contributed by atoms with van der Waals surface area (Å²) >= 11 is 0. The van der Waals surface area contributed by atoms with Crippen molar-refractivity contribution >= 4 is 35.5 Å². The Hall–Kier alpha value is -4.79. The van der Waals surface area contributed by atoms with Gasteiger partial charge in [0.05, 0.1) is 6.04 Å². The predicted molar refractivity (Wildman–Crippen MR) is 199 cm³/mol. The van der Waals surface area contributed by atoms with Gasteiger partial charge in [-0.1, -0.05) is 66.7 Å². The minimum atomic E-state index is -0.617. The Balaban J connectivity index is 1.20. The molecule has 2 aliphatic heterocycles. The number of ether oxygens (including phenoxy) is 2. The second kappa shape index (κ2) is 15.8. The molecule has 50 heavy (non-hydrogen) atoms. The lowest BCUT2D eigenvalue weighted by atomic mass is 10.1. The van der Waals surface area contributed by atoms with Crippen molar-refractivity contribution in [3.05, 3.63) is 102 Å². The van der Waals surface area contributed by atoms with Gasteiger partial charge in [-0.25, -0.2) is 9.59 Å². The maximum absolute atomic E-state index is 13.2. The molecule has 2 saturated heterocycles. The Morgan fingerprint density at radius 2 is 1.28 bits per heavy atom. The highest BCUT2D eigenvalue weighted by Gasteiger charge is 2.36. The first-order valence-electron chi connectivity index (χ1n) is 17.7. The zero-order chi connectivity index (χ0) is 35.9. The number of amides is 3. The van der Waals surface area contributed by atoms with Crippen LogP contribution in [0.1, 0.15) is 83.9 Å². The van der Waals surface area contributed by atoms with E-state index in [4.69, 9.17) is 9.47 Å². The van der Waals surface area contributed by atoms with Crippen LogP contribution in [0.4, 0.5) is 21.0 Å². The fourth-order valence-electron chi connectivity index (χ4n) is 6.31. The Kier molecular flexibility index (Phi) is 11.6. The summed E-state index contributed by atoms with van der Waals surface area (Å²) in [6.07, 6.45) is 6.77. The lowest BCUT2D eigenvalue weighted by molar-refractivity contribution is -0.120. The smallest absolute Gasteiger partial charge is 0.410 e. The number of para-hydroxylation sites is 1. The fraction of sp³-hybridized carbons (Fsp3) is 0.439. The lowest BCUT2D eigenvalue weighted by Gasteiger charge is -2.28. The van der Waals surface area contributed by atoms with E-state index in [9.17, 15) is 14.4 Å². The highest BCUT2D eigenvalue weighted by atomic mass is 16.6. The largest absolute Gasteiger partial charge is 0.444 e. The summed E-state index contributed by atoms with van der Waals surface area (Å²) in [5, 5.41) is 3.00. The molecule has 9 heteroatoms. The molecule has 2 fully saturated rings. The minimum Gasteiger partial charge on any atom is -0.444 e. The van der Waals surface area contributed by atoms with E-state index in [0.717, 1.165) is 36.1 Å². The van der Waals surface area contributed by atoms with Crippen LogP contribution in [0.15, 0.2) is 84.9 Å². The molecule has 0 saturated carbocycles. The van der Waals surface area contributed by atoms with E-state index in [2.05, 4.69) is 58.8 Å². The van der Waals surface area contributed by atoms with E-state index in [0.29, 0.717) is 38.3 Å². The summed E-state index contributed by atoms with van der Waals surface area (Å²) in [7, 11) is 0. The van der Waals surface area contributed by atoms with Crippen molar-refractivity contribution in [3.63, 3.8) is 0 Å². The molecule has 2 aliphatic rings. The molecule has 266 valence electrons. The van der Waals surface area contributed by atoms with Crippen LogP contribution < -0.4 is 10.2 Å². The Labute approximate surface area is 297 Å². The van der Waals surface area contributed by atoms with Gasteiger partial charge in [0.1, 0.15) is 17.2 Å². The number of hydrogen-bond acceptors (Lipinski definition) is 6. The van der Waals surface area contributed by atoms with Crippen LogP contribution in [0, 0.1) is 0 Å². The van der Waals surface area contributed by atoms with Gasteiger partial charge < -0.3 is 24.6 Å². The molecule has 5 rings (SSSR count). The van der Waals surface area contributed by atoms with Crippen molar-refractivity contribution in [1.82, 2.24) is 9.80 Å². The Morgan fingerprint density at radius 1 is 0.740 bits per heavy atom. The number of rotatable bonds is 9. The van der Waals surface area contributed by atoms with Crippen molar-refractivity contribution < 1.29 is 23.9 Å². The molecule has 2 heterocycles. The van der Waals surface area contributed by atoms with E-state index in [1.54, 1.807) is 0 Å². The fourth-order valence-corrected chi connectivity index (χ4v) is 6.31. The maximum atomic E-state index is 13.2. The van der Waals surface area contributed by atoms with Crippen LogP contribution >= 0.6 is 0 Å². The summed E-state index contributed by atoms with van der Waals surface area (Å²) in [6.45, 7) is 13.8. The molecule has 1 N–H and O–H groups in total. The van der Waals surface area contributed by atoms with Crippen LogP contribution in [0.2, 0.25) is 0 Å². The van der Waals surface area contributed by atoms with Crippen LogP contribution in [0.5, 0.6) is 0 Å². The molecule has 3 amide bonds. The second-order valence-electron chi connectivity index (χ2n) is 15.2. The SMILES string of the molecule is CC(C)(C)OC(=O)N1CCCC1C(=O)Nc1ccc(CN(Cc2ccc(/C=C/[C@@H]3CCCN3C(=O)OC(C)(C)C)cc2)c2ccccc2)cc1. The first kappa shape index (κ1) is 36.5. The number of hydrogen-bond donors (Lipinski definition) is 1. The van der Waals surface area contributed by atoms with E-state index in [-0.39, 0.29) is 18.0 Å². The quantitative estimate of drug-likeness (QED) is 0.243. The summed E-state index contributed by atoms with van der Waals surface area (Å²) in [5.74, 6) is -0.200. The number of anilines is 2. The van der Waals surface area contributed by atoms with Crippen LogP contribution in [-0.2, 0) is 27.4 Å². The Bertz CT molecular complexity index is 1620. The van der Waals surface area contributed by atoms with Gasteiger partial charge in [-0.2, -0.15) is 0 Å². The van der Waals surface area contributed by atoms with Crippen molar-refractivity contribution in [1.29, 1.82) is 0 Å². The van der Waals surface area contributed by atoms with E-state index in [1.165, 1.54) is 10.5 Å². The minimum absolute atomic E-state index is 0.0347. The molecular weight excluding hydrogens is 628 g/mol. The molecule has 3 aromatic rings. The molecule has 2 atom stereocenters. The number of benzene rings is 3. The average Bonchev–Trinajstić information content (AvgIpc) is 3.75. The molecule has 0 spiro atoms. The topological polar surface area (TPSA) is 91.4 Å². The van der Waals surface area contributed by atoms with Crippen molar-refractivity contribution in [2.75, 3.05) is 23.3 Å². The third kappa shape index (κ3) is 10.4. The van der Waals surface area contributed by atoms with Crippen LogP contribution in [0.3, 0.4) is 0 Å². The van der Waals surface area contributed by atoms with Crippen molar-refractivity contribution in [3.8, 4) is 0 Å². The van der Waals surface area contributed by atoms with Gasteiger partial charge in [-0.3, -0.25) is 9.69 Å². The first-order valence-corrected chi connectivity index (χ1v) is 17.7. The standard InChI is InChI=1S/C41H52N4O5/c1-40(2,3)49-38(47)44-26-10-14-35(44)25-22-30-16-18-31(19-17-30)28-43(34-12-8-7-9-13-34)29-32-20-23-33(24-21-32)42-37(46)36-15-11-27-45(36)39(48)50-41(4,5)6/h7-9,12-13,16-25,35-36H,10-11,14-15,26-29H2,1-6H3,(H,42,46)/b25-22+/t35-,36?/m0/s1. The van der Waals surface area contributed by atoms with Crippen LogP contribution in [0.25, 0.3) is 6.08 Å². The summed E-state index contributed by atoms with van der Waals surface area (Å²) < 4.78 is 11.1. The molecule has 1 unspecified atom stereocenters. The number of likely N-dealkylation sites (tertiary alicyclic amines) is 2. The number of carbonyl (C=O) groups is 3. The number of nitrogens with one attached hydrogen (secondary N) is 1. The summed E-state index contributed by atoms with van der Waals surface area (Å²) in [6, 6.07) is 26.2. The molecule has 0 bridgehead atoms. The van der Waals surface area contributed by atoms with Crippen molar-refractivity contribution in [2.45, 2.75) is 104 Å². The number of nitrogens with zero attached hydrogens (tertiary/aromatic N) is 3. The van der Waals surface area contributed by atoms with Crippen LogP contribution in [-0.4, -0.2) is 64.3 Å². The van der Waals surface area contributed by atoms with E-state index < -0.39 is 23.3 Å². The highest BCUT2D eigenvalue weighted by Crippen LogP contribution is 2.26. The van der Waals surface area contributed by atoms with Gasteiger partial charge in [0.15, 0.2) is 0 Å². The lowest BCUT2D eigenvalue weighted by Crippen LogP contribution is -2.45.